The Hall–Kier alpha value is 0.697. The number of rotatable bonds is 5. The third-order valence-corrected chi connectivity index (χ3v) is 10.3. The fourth-order valence-electron chi connectivity index (χ4n) is 2.68. The monoisotopic (exact) mass is 262 g/mol. The number of unbranched alkanes of at least 4 members (excludes halogenated alkanes) is 1. The molecule has 13 heavy (non-hydrogen) atoms. The highest BCUT2D eigenvalue weighted by molar-refractivity contribution is 9.09. The number of alkyl halides is 1. The van der Waals surface area contributed by atoms with Gasteiger partial charge in [-0.05, 0) is 6.04 Å². The molecule has 1 rings (SSSR count). The van der Waals surface area contributed by atoms with Crippen molar-refractivity contribution in [2.24, 2.45) is 0 Å². The second-order valence-corrected chi connectivity index (χ2v) is 10.4. The second kappa shape index (κ2) is 6.23. The van der Waals surface area contributed by atoms with Crippen molar-refractivity contribution in [1.29, 1.82) is 0 Å². The summed E-state index contributed by atoms with van der Waals surface area (Å²) in [5.74, 6) is 0. The van der Waals surface area contributed by atoms with E-state index in [1.165, 1.54) is 24.6 Å². The molecule has 1 aliphatic rings. The lowest BCUT2D eigenvalue weighted by Crippen LogP contribution is -2.36. The smallest absolute Gasteiger partial charge is 0.0544 e. The average Bonchev–Trinajstić information content (AvgIpc) is 2.17. The summed E-state index contributed by atoms with van der Waals surface area (Å²) >= 11 is 3.65. The first-order chi connectivity index (χ1) is 6.33. The van der Waals surface area contributed by atoms with Gasteiger partial charge in [0.1, 0.15) is 0 Å². The molecule has 0 bridgehead atoms. The van der Waals surface area contributed by atoms with Gasteiger partial charge < -0.3 is 0 Å². The first kappa shape index (κ1) is 11.8. The van der Waals surface area contributed by atoms with E-state index in [-0.39, 0.29) is 0 Å². The van der Waals surface area contributed by atoms with Crippen LogP contribution < -0.4 is 0 Å². The minimum atomic E-state index is -0.751. The van der Waals surface area contributed by atoms with Crippen molar-refractivity contribution < 1.29 is 0 Å². The van der Waals surface area contributed by atoms with Crippen molar-refractivity contribution in [2.45, 2.75) is 63.2 Å². The van der Waals surface area contributed by atoms with Crippen molar-refractivity contribution in [3.63, 3.8) is 0 Å². The molecule has 0 unspecified atom stereocenters. The van der Waals surface area contributed by atoms with E-state index in [9.17, 15) is 0 Å². The van der Waals surface area contributed by atoms with E-state index in [4.69, 9.17) is 0 Å². The molecule has 0 nitrogen and oxygen atoms in total. The molecule has 0 radical (unpaired) electrons. The zero-order chi connectivity index (χ0) is 9.57. The molecule has 0 amide bonds. The van der Waals surface area contributed by atoms with Gasteiger partial charge in [0.2, 0.25) is 0 Å². The highest BCUT2D eigenvalue weighted by atomic mass is 79.9. The van der Waals surface area contributed by atoms with E-state index in [0.29, 0.717) is 0 Å². The second-order valence-electron chi connectivity index (χ2n) is 4.60. The maximum atomic E-state index is 3.65. The standard InChI is InChI=1S/C11H23BrSi/c1-2-3-8-13(11-7-12)9-5-4-6-10-13/h2-11H2,1H3. The summed E-state index contributed by atoms with van der Waals surface area (Å²) in [6, 6.07) is 6.44. The van der Waals surface area contributed by atoms with Crippen LogP contribution >= 0.6 is 15.9 Å². The Morgan fingerprint density at radius 2 is 1.77 bits per heavy atom. The van der Waals surface area contributed by atoms with Gasteiger partial charge in [-0.25, -0.2) is 0 Å². The van der Waals surface area contributed by atoms with E-state index < -0.39 is 8.07 Å². The van der Waals surface area contributed by atoms with Crippen LogP contribution in [0.5, 0.6) is 0 Å². The van der Waals surface area contributed by atoms with Crippen LogP contribution in [-0.2, 0) is 0 Å². The van der Waals surface area contributed by atoms with Gasteiger partial charge >= 0.3 is 0 Å². The first-order valence-corrected chi connectivity index (χ1v) is 9.84. The quantitative estimate of drug-likeness (QED) is 0.493. The summed E-state index contributed by atoms with van der Waals surface area (Å²) in [5, 5.41) is 1.27. The molecule has 1 fully saturated rings. The van der Waals surface area contributed by atoms with Crippen molar-refractivity contribution in [3.05, 3.63) is 0 Å². The Bertz CT molecular complexity index is 125. The van der Waals surface area contributed by atoms with Crippen LogP contribution in [0.15, 0.2) is 0 Å². The Balaban J connectivity index is 2.40. The molecule has 0 aromatic heterocycles. The van der Waals surface area contributed by atoms with E-state index >= 15 is 0 Å². The topological polar surface area (TPSA) is 0 Å². The van der Waals surface area contributed by atoms with Crippen molar-refractivity contribution >= 4 is 24.0 Å². The Morgan fingerprint density at radius 3 is 2.31 bits per heavy atom. The van der Waals surface area contributed by atoms with Gasteiger partial charge in [0.25, 0.3) is 0 Å². The molecular formula is C11H23BrSi. The van der Waals surface area contributed by atoms with E-state index in [1.807, 2.05) is 0 Å². The zero-order valence-corrected chi connectivity index (χ0v) is 11.5. The third kappa shape index (κ3) is 3.74. The third-order valence-electron chi connectivity index (χ3n) is 3.60. The Kier molecular flexibility index (Phi) is 5.64. The van der Waals surface area contributed by atoms with Crippen LogP contribution in [0.25, 0.3) is 0 Å². The summed E-state index contributed by atoms with van der Waals surface area (Å²) in [4.78, 5) is 0. The summed E-state index contributed by atoms with van der Waals surface area (Å²) in [7, 11) is -0.751. The van der Waals surface area contributed by atoms with Crippen LogP contribution in [0.1, 0.15) is 39.0 Å². The molecule has 1 saturated heterocycles. The molecule has 78 valence electrons. The minimum absolute atomic E-state index is 0.751. The maximum Gasteiger partial charge on any atom is 0.0544 e. The normalized spacial score (nSPS) is 21.7. The van der Waals surface area contributed by atoms with Crippen LogP contribution in [0, 0.1) is 0 Å². The first-order valence-electron chi connectivity index (χ1n) is 5.89. The van der Waals surface area contributed by atoms with Crippen molar-refractivity contribution in [3.8, 4) is 0 Å². The zero-order valence-electron chi connectivity index (χ0n) is 8.95. The lowest BCUT2D eigenvalue weighted by atomic mass is 10.3. The molecular weight excluding hydrogens is 240 g/mol. The summed E-state index contributed by atoms with van der Waals surface area (Å²) in [6.45, 7) is 2.33. The fraction of sp³-hybridized carbons (Fsp3) is 1.00. The van der Waals surface area contributed by atoms with Gasteiger partial charge in [-0.3, -0.25) is 0 Å². The number of hydrogen-bond acceptors (Lipinski definition) is 0. The lowest BCUT2D eigenvalue weighted by Gasteiger charge is -2.35. The van der Waals surface area contributed by atoms with E-state index in [0.717, 1.165) is 0 Å². The van der Waals surface area contributed by atoms with E-state index in [1.54, 1.807) is 37.0 Å². The minimum Gasteiger partial charge on any atom is -0.0931 e. The Labute approximate surface area is 92.6 Å². The largest absolute Gasteiger partial charge is 0.0931 e. The molecule has 2 heteroatoms. The van der Waals surface area contributed by atoms with Crippen LogP contribution in [-0.4, -0.2) is 13.4 Å². The summed E-state index contributed by atoms with van der Waals surface area (Å²) < 4.78 is 0. The van der Waals surface area contributed by atoms with Crippen LogP contribution in [0.3, 0.4) is 0 Å². The predicted octanol–water partition coefficient (Wildman–Crippen LogP) is 4.81. The fourth-order valence-corrected chi connectivity index (χ4v) is 10.2. The molecule has 1 aliphatic heterocycles. The van der Waals surface area contributed by atoms with Crippen molar-refractivity contribution in [1.82, 2.24) is 0 Å². The highest BCUT2D eigenvalue weighted by Gasteiger charge is 2.32. The molecule has 0 saturated carbocycles. The number of halogens is 1. The SMILES string of the molecule is CCCC[Si]1(CCBr)CCCCC1. The summed E-state index contributed by atoms with van der Waals surface area (Å²) in [5.41, 5.74) is 0. The molecule has 0 spiro atoms. The molecule has 0 aliphatic carbocycles. The molecule has 0 N–H and O–H groups in total. The molecule has 0 aromatic rings. The highest BCUT2D eigenvalue weighted by Crippen LogP contribution is 2.36. The molecule has 1 heterocycles. The Morgan fingerprint density at radius 1 is 1.08 bits per heavy atom. The number of hydrogen-bond donors (Lipinski definition) is 0. The predicted molar refractivity (Wildman–Crippen MR) is 67.5 cm³/mol. The van der Waals surface area contributed by atoms with Crippen molar-refractivity contribution in [2.75, 3.05) is 5.33 Å². The van der Waals surface area contributed by atoms with Crippen LogP contribution in [0.4, 0.5) is 0 Å². The average molecular weight is 263 g/mol. The van der Waals surface area contributed by atoms with Gasteiger partial charge in [0, 0.05) is 5.33 Å². The lowest BCUT2D eigenvalue weighted by molar-refractivity contribution is 0.693. The van der Waals surface area contributed by atoms with E-state index in [2.05, 4.69) is 22.9 Å². The van der Waals surface area contributed by atoms with Crippen LogP contribution in [0.2, 0.25) is 24.2 Å². The summed E-state index contributed by atoms with van der Waals surface area (Å²) in [6.07, 6.45) is 7.51. The van der Waals surface area contributed by atoms with Gasteiger partial charge in [-0.15, -0.1) is 0 Å². The van der Waals surface area contributed by atoms with Gasteiger partial charge in [-0.1, -0.05) is 73.1 Å². The van der Waals surface area contributed by atoms with Gasteiger partial charge in [-0.2, -0.15) is 0 Å². The van der Waals surface area contributed by atoms with Gasteiger partial charge in [0.05, 0.1) is 8.07 Å². The van der Waals surface area contributed by atoms with Gasteiger partial charge in [0.15, 0.2) is 0 Å². The maximum absolute atomic E-state index is 3.65. The molecule has 0 atom stereocenters. The molecule has 0 aromatic carbocycles.